The molecular formula is C11H15BrN2S2. The van der Waals surface area contributed by atoms with Crippen LogP contribution in [0.25, 0.3) is 0 Å². The van der Waals surface area contributed by atoms with Gasteiger partial charge in [0.15, 0.2) is 5.11 Å². The summed E-state index contributed by atoms with van der Waals surface area (Å²) in [5, 5.41) is 6.95. The molecule has 0 aromatic heterocycles. The van der Waals surface area contributed by atoms with Gasteiger partial charge in [0.1, 0.15) is 0 Å². The first-order valence-electron chi connectivity index (χ1n) is 5.12. The molecule has 0 bridgehead atoms. The van der Waals surface area contributed by atoms with Crippen LogP contribution < -0.4 is 10.6 Å². The SMILES string of the molecule is CCNC(=S)NCCSc1ccc(Br)cc1. The maximum absolute atomic E-state index is 5.06. The van der Waals surface area contributed by atoms with Gasteiger partial charge in [0.25, 0.3) is 0 Å². The second kappa shape index (κ2) is 7.92. The van der Waals surface area contributed by atoms with Crippen LogP contribution in [0.4, 0.5) is 0 Å². The molecule has 0 saturated carbocycles. The molecule has 2 nitrogen and oxygen atoms in total. The standard InChI is InChI=1S/C11H15BrN2S2/c1-2-13-11(15)14-7-8-16-10-5-3-9(12)4-6-10/h3-6H,2,7-8H2,1H3,(H2,13,14,15). The zero-order valence-electron chi connectivity index (χ0n) is 9.13. The van der Waals surface area contributed by atoms with E-state index in [1.807, 2.05) is 18.7 Å². The van der Waals surface area contributed by atoms with Gasteiger partial charge in [0.05, 0.1) is 0 Å². The van der Waals surface area contributed by atoms with Crippen molar-refractivity contribution in [2.45, 2.75) is 11.8 Å². The van der Waals surface area contributed by atoms with E-state index in [1.165, 1.54) is 4.90 Å². The maximum atomic E-state index is 5.06. The second-order valence-corrected chi connectivity index (χ2v) is 5.58. The van der Waals surface area contributed by atoms with E-state index in [4.69, 9.17) is 12.2 Å². The molecule has 0 aliphatic heterocycles. The Morgan fingerprint density at radius 2 is 2.00 bits per heavy atom. The van der Waals surface area contributed by atoms with E-state index in [0.717, 1.165) is 28.4 Å². The normalized spacial score (nSPS) is 9.88. The first kappa shape index (κ1) is 13.8. The summed E-state index contributed by atoms with van der Waals surface area (Å²) in [6, 6.07) is 8.33. The molecule has 1 rings (SSSR count). The molecule has 1 aromatic rings. The molecule has 1 aromatic carbocycles. The fourth-order valence-electron chi connectivity index (χ4n) is 1.09. The number of hydrogen-bond donors (Lipinski definition) is 2. The average Bonchev–Trinajstić information content (AvgIpc) is 2.27. The lowest BCUT2D eigenvalue weighted by Crippen LogP contribution is -2.36. The van der Waals surface area contributed by atoms with Gasteiger partial charge in [-0.25, -0.2) is 0 Å². The van der Waals surface area contributed by atoms with Crippen LogP contribution in [-0.4, -0.2) is 24.0 Å². The number of thioether (sulfide) groups is 1. The average molecular weight is 319 g/mol. The lowest BCUT2D eigenvalue weighted by molar-refractivity contribution is 0.887. The van der Waals surface area contributed by atoms with Gasteiger partial charge in [-0.05, 0) is 43.4 Å². The minimum absolute atomic E-state index is 0.735. The van der Waals surface area contributed by atoms with Crippen molar-refractivity contribution in [2.75, 3.05) is 18.8 Å². The zero-order chi connectivity index (χ0) is 11.8. The Hall–Kier alpha value is -0.260. The van der Waals surface area contributed by atoms with Crippen LogP contribution in [0, 0.1) is 0 Å². The minimum atomic E-state index is 0.735. The van der Waals surface area contributed by atoms with Crippen molar-refractivity contribution >= 4 is 45.0 Å². The summed E-state index contributed by atoms with van der Waals surface area (Å²) in [6.07, 6.45) is 0. The fraction of sp³-hybridized carbons (Fsp3) is 0.364. The third-order valence-corrected chi connectivity index (χ3v) is 3.64. The van der Waals surface area contributed by atoms with E-state index < -0.39 is 0 Å². The summed E-state index contributed by atoms with van der Waals surface area (Å²) < 4.78 is 1.11. The first-order chi connectivity index (χ1) is 7.72. The summed E-state index contributed by atoms with van der Waals surface area (Å²) in [4.78, 5) is 1.28. The van der Waals surface area contributed by atoms with Gasteiger partial charge in [0, 0.05) is 28.2 Å². The molecule has 0 aliphatic rings. The molecule has 0 saturated heterocycles. The van der Waals surface area contributed by atoms with Gasteiger partial charge in [-0.1, -0.05) is 15.9 Å². The lowest BCUT2D eigenvalue weighted by atomic mass is 10.4. The van der Waals surface area contributed by atoms with Gasteiger partial charge in [-0.3, -0.25) is 0 Å². The highest BCUT2D eigenvalue weighted by molar-refractivity contribution is 9.10. The van der Waals surface area contributed by atoms with Crippen molar-refractivity contribution in [3.8, 4) is 0 Å². The van der Waals surface area contributed by atoms with Crippen LogP contribution in [0.1, 0.15) is 6.92 Å². The van der Waals surface area contributed by atoms with E-state index in [9.17, 15) is 0 Å². The number of hydrogen-bond acceptors (Lipinski definition) is 2. The van der Waals surface area contributed by atoms with E-state index in [1.54, 1.807) is 0 Å². The monoisotopic (exact) mass is 318 g/mol. The molecule has 5 heteroatoms. The second-order valence-electron chi connectivity index (χ2n) is 3.09. The zero-order valence-corrected chi connectivity index (χ0v) is 12.3. The predicted molar refractivity (Wildman–Crippen MR) is 79.1 cm³/mol. The topological polar surface area (TPSA) is 24.1 Å². The van der Waals surface area contributed by atoms with Crippen LogP contribution in [0.3, 0.4) is 0 Å². The quantitative estimate of drug-likeness (QED) is 0.495. The Labute approximate surface area is 115 Å². The highest BCUT2D eigenvalue weighted by Gasteiger charge is 1.95. The lowest BCUT2D eigenvalue weighted by Gasteiger charge is -2.08. The van der Waals surface area contributed by atoms with Crippen molar-refractivity contribution in [1.29, 1.82) is 0 Å². The molecule has 0 unspecified atom stereocenters. The molecule has 16 heavy (non-hydrogen) atoms. The van der Waals surface area contributed by atoms with E-state index in [-0.39, 0.29) is 0 Å². The number of halogens is 1. The Kier molecular flexibility index (Phi) is 6.84. The third-order valence-electron chi connectivity index (χ3n) is 1.81. The van der Waals surface area contributed by atoms with E-state index in [0.29, 0.717) is 0 Å². The van der Waals surface area contributed by atoms with E-state index in [2.05, 4.69) is 50.8 Å². The third kappa shape index (κ3) is 5.72. The summed E-state index contributed by atoms with van der Waals surface area (Å²) in [5.74, 6) is 1.01. The van der Waals surface area contributed by atoms with Gasteiger partial charge in [-0.15, -0.1) is 11.8 Å². The summed E-state index contributed by atoms with van der Waals surface area (Å²) in [5.41, 5.74) is 0. The first-order valence-corrected chi connectivity index (χ1v) is 7.31. The fourth-order valence-corrected chi connectivity index (χ4v) is 2.37. The van der Waals surface area contributed by atoms with Crippen molar-refractivity contribution in [2.24, 2.45) is 0 Å². The van der Waals surface area contributed by atoms with Gasteiger partial charge >= 0.3 is 0 Å². The Bertz CT molecular complexity index is 327. The molecular weight excluding hydrogens is 304 g/mol. The van der Waals surface area contributed by atoms with E-state index >= 15 is 0 Å². The van der Waals surface area contributed by atoms with Crippen molar-refractivity contribution in [3.63, 3.8) is 0 Å². The van der Waals surface area contributed by atoms with Crippen molar-refractivity contribution in [1.82, 2.24) is 10.6 Å². The Balaban J connectivity index is 2.16. The van der Waals surface area contributed by atoms with Crippen LogP contribution in [-0.2, 0) is 0 Å². The largest absolute Gasteiger partial charge is 0.363 e. The molecule has 0 aliphatic carbocycles. The van der Waals surface area contributed by atoms with Gasteiger partial charge in [0.2, 0.25) is 0 Å². The van der Waals surface area contributed by atoms with Crippen LogP contribution in [0.2, 0.25) is 0 Å². The van der Waals surface area contributed by atoms with Crippen LogP contribution in [0.15, 0.2) is 33.6 Å². The molecule has 0 radical (unpaired) electrons. The summed E-state index contributed by atoms with van der Waals surface area (Å²) in [7, 11) is 0. The molecule has 0 fully saturated rings. The highest BCUT2D eigenvalue weighted by atomic mass is 79.9. The molecule has 0 heterocycles. The molecule has 0 spiro atoms. The molecule has 0 atom stereocenters. The highest BCUT2D eigenvalue weighted by Crippen LogP contribution is 2.19. The van der Waals surface area contributed by atoms with Crippen molar-refractivity contribution < 1.29 is 0 Å². The number of nitrogens with one attached hydrogen (secondary N) is 2. The minimum Gasteiger partial charge on any atom is -0.363 e. The van der Waals surface area contributed by atoms with Crippen LogP contribution >= 0.6 is 39.9 Å². The number of rotatable bonds is 5. The maximum Gasteiger partial charge on any atom is 0.166 e. The molecule has 2 N–H and O–H groups in total. The molecule has 88 valence electrons. The van der Waals surface area contributed by atoms with Gasteiger partial charge in [-0.2, -0.15) is 0 Å². The van der Waals surface area contributed by atoms with Crippen molar-refractivity contribution in [3.05, 3.63) is 28.7 Å². The Morgan fingerprint density at radius 1 is 1.31 bits per heavy atom. The predicted octanol–water partition coefficient (Wildman–Crippen LogP) is 3.03. The van der Waals surface area contributed by atoms with Crippen LogP contribution in [0.5, 0.6) is 0 Å². The Morgan fingerprint density at radius 3 is 2.62 bits per heavy atom. The smallest absolute Gasteiger partial charge is 0.166 e. The summed E-state index contributed by atoms with van der Waals surface area (Å²) >= 11 is 10.3. The van der Waals surface area contributed by atoms with Gasteiger partial charge < -0.3 is 10.6 Å². The molecule has 0 amide bonds. The number of benzene rings is 1. The number of thiocarbonyl (C=S) groups is 1. The summed E-state index contributed by atoms with van der Waals surface area (Å²) in [6.45, 7) is 3.78.